The van der Waals surface area contributed by atoms with Crippen molar-refractivity contribution in [2.45, 2.75) is 46.6 Å². The molecule has 24 heavy (non-hydrogen) atoms. The summed E-state index contributed by atoms with van der Waals surface area (Å²) in [4.78, 5) is 14.8. The predicted molar refractivity (Wildman–Crippen MR) is 99.9 cm³/mol. The predicted octanol–water partition coefficient (Wildman–Crippen LogP) is 3.98. The maximum atomic E-state index is 12.9. The molecule has 1 saturated heterocycles. The van der Waals surface area contributed by atoms with Crippen molar-refractivity contribution in [1.82, 2.24) is 4.90 Å². The SMILES string of the molecule is Cc1ccc(C)c2c(C)c(C(=O)N3CCC(C(C)N)CC3)oc12.Cl. The van der Waals surface area contributed by atoms with E-state index in [0.29, 0.717) is 11.7 Å². The molecule has 1 aliphatic rings. The zero-order valence-electron chi connectivity index (χ0n) is 14.9. The van der Waals surface area contributed by atoms with Crippen LogP contribution in [0.2, 0.25) is 0 Å². The molecule has 4 nitrogen and oxygen atoms in total. The summed E-state index contributed by atoms with van der Waals surface area (Å²) < 4.78 is 5.98. The first-order valence-electron chi connectivity index (χ1n) is 8.44. The van der Waals surface area contributed by atoms with E-state index in [1.807, 2.05) is 24.8 Å². The van der Waals surface area contributed by atoms with E-state index in [1.54, 1.807) is 0 Å². The minimum Gasteiger partial charge on any atom is -0.450 e. The first-order valence-corrected chi connectivity index (χ1v) is 8.44. The van der Waals surface area contributed by atoms with Crippen LogP contribution in [0.15, 0.2) is 16.5 Å². The minimum atomic E-state index is 0. The number of fused-ring (bicyclic) bond motifs is 1. The number of nitrogens with zero attached hydrogens (tertiary/aromatic N) is 1. The molecule has 2 aromatic rings. The van der Waals surface area contributed by atoms with Gasteiger partial charge >= 0.3 is 0 Å². The van der Waals surface area contributed by atoms with Crippen molar-refractivity contribution in [3.05, 3.63) is 34.6 Å². The zero-order chi connectivity index (χ0) is 16.7. The van der Waals surface area contributed by atoms with Gasteiger partial charge in [0.2, 0.25) is 0 Å². The lowest BCUT2D eigenvalue weighted by atomic mass is 9.91. The summed E-state index contributed by atoms with van der Waals surface area (Å²) in [6, 6.07) is 4.33. The van der Waals surface area contributed by atoms with Gasteiger partial charge in [-0.3, -0.25) is 4.79 Å². The van der Waals surface area contributed by atoms with E-state index in [9.17, 15) is 4.79 Å². The van der Waals surface area contributed by atoms with E-state index in [4.69, 9.17) is 10.2 Å². The number of likely N-dealkylation sites (tertiary alicyclic amines) is 1. The number of rotatable bonds is 2. The molecule has 0 saturated carbocycles. The van der Waals surface area contributed by atoms with E-state index >= 15 is 0 Å². The molecule has 1 aliphatic heterocycles. The quantitative estimate of drug-likeness (QED) is 0.891. The number of piperidine rings is 1. The van der Waals surface area contributed by atoms with E-state index in [-0.39, 0.29) is 24.4 Å². The molecule has 2 N–H and O–H groups in total. The van der Waals surface area contributed by atoms with Crippen molar-refractivity contribution in [3.63, 3.8) is 0 Å². The molecular weight excluding hydrogens is 324 g/mol. The molecule has 0 spiro atoms. The number of halogens is 1. The molecule has 1 atom stereocenters. The van der Waals surface area contributed by atoms with Crippen molar-refractivity contribution in [3.8, 4) is 0 Å². The summed E-state index contributed by atoms with van der Waals surface area (Å²) in [7, 11) is 0. The van der Waals surface area contributed by atoms with Crippen LogP contribution >= 0.6 is 12.4 Å². The largest absolute Gasteiger partial charge is 0.450 e. The lowest BCUT2D eigenvalue weighted by molar-refractivity contribution is 0.0650. The van der Waals surface area contributed by atoms with Crippen molar-refractivity contribution in [2.75, 3.05) is 13.1 Å². The van der Waals surface area contributed by atoms with E-state index in [0.717, 1.165) is 53.6 Å². The van der Waals surface area contributed by atoms with E-state index in [1.165, 1.54) is 0 Å². The number of aryl methyl sites for hydroxylation is 3. The lowest BCUT2D eigenvalue weighted by Crippen LogP contribution is -2.42. The maximum absolute atomic E-state index is 12.9. The van der Waals surface area contributed by atoms with Crippen LogP contribution in [0.25, 0.3) is 11.0 Å². The van der Waals surface area contributed by atoms with E-state index < -0.39 is 0 Å². The molecule has 1 unspecified atom stereocenters. The van der Waals surface area contributed by atoms with Gasteiger partial charge in [0.05, 0.1) is 0 Å². The minimum absolute atomic E-state index is 0. The van der Waals surface area contributed by atoms with Crippen molar-refractivity contribution < 1.29 is 9.21 Å². The summed E-state index contributed by atoms with van der Waals surface area (Å²) in [5.74, 6) is 1.03. The van der Waals surface area contributed by atoms with Crippen LogP contribution in [0.1, 0.15) is 47.0 Å². The van der Waals surface area contributed by atoms with Crippen molar-refractivity contribution >= 4 is 29.3 Å². The smallest absolute Gasteiger partial charge is 0.289 e. The van der Waals surface area contributed by atoms with Crippen LogP contribution < -0.4 is 5.73 Å². The van der Waals surface area contributed by atoms with Gasteiger partial charge in [-0.1, -0.05) is 12.1 Å². The van der Waals surface area contributed by atoms with Gasteiger partial charge in [-0.15, -0.1) is 12.4 Å². The number of carbonyl (C=O) groups is 1. The van der Waals surface area contributed by atoms with Gasteiger partial charge in [-0.05, 0) is 57.6 Å². The third kappa shape index (κ3) is 3.17. The summed E-state index contributed by atoms with van der Waals surface area (Å²) in [5, 5.41) is 1.08. The Morgan fingerprint density at radius 1 is 1.21 bits per heavy atom. The molecule has 0 aliphatic carbocycles. The monoisotopic (exact) mass is 350 g/mol. The third-order valence-electron chi connectivity index (χ3n) is 5.25. The van der Waals surface area contributed by atoms with Gasteiger partial charge in [0.15, 0.2) is 5.76 Å². The highest BCUT2D eigenvalue weighted by Gasteiger charge is 2.29. The first-order chi connectivity index (χ1) is 10.9. The highest BCUT2D eigenvalue weighted by atomic mass is 35.5. The first kappa shape index (κ1) is 18.8. The highest BCUT2D eigenvalue weighted by Crippen LogP contribution is 2.32. The Kier molecular flexibility index (Phi) is 5.61. The second-order valence-corrected chi connectivity index (χ2v) is 6.95. The molecule has 0 radical (unpaired) electrons. The lowest BCUT2D eigenvalue weighted by Gasteiger charge is -2.33. The Hall–Kier alpha value is -1.52. The van der Waals surface area contributed by atoms with Gasteiger partial charge < -0.3 is 15.1 Å². The van der Waals surface area contributed by atoms with Crippen LogP contribution in [0.4, 0.5) is 0 Å². The molecule has 1 aromatic heterocycles. The number of nitrogens with two attached hydrogens (primary N) is 1. The maximum Gasteiger partial charge on any atom is 0.289 e. The fourth-order valence-electron chi connectivity index (χ4n) is 3.65. The molecule has 5 heteroatoms. The number of amides is 1. The summed E-state index contributed by atoms with van der Waals surface area (Å²) >= 11 is 0. The number of benzene rings is 1. The summed E-state index contributed by atoms with van der Waals surface area (Å²) in [6.45, 7) is 9.65. The second kappa shape index (κ2) is 7.16. The molecule has 3 rings (SSSR count). The van der Waals surface area contributed by atoms with Crippen LogP contribution in [0.3, 0.4) is 0 Å². The molecule has 0 bridgehead atoms. The fraction of sp³-hybridized carbons (Fsp3) is 0.526. The Morgan fingerprint density at radius 2 is 1.79 bits per heavy atom. The van der Waals surface area contributed by atoms with Crippen molar-refractivity contribution in [1.29, 1.82) is 0 Å². The van der Waals surface area contributed by atoms with Gasteiger partial charge in [0.1, 0.15) is 5.58 Å². The fourth-order valence-corrected chi connectivity index (χ4v) is 3.65. The topological polar surface area (TPSA) is 59.5 Å². The highest BCUT2D eigenvalue weighted by molar-refractivity contribution is 6.00. The molecule has 1 aromatic carbocycles. The Morgan fingerprint density at radius 3 is 2.33 bits per heavy atom. The molecule has 1 amide bonds. The van der Waals surface area contributed by atoms with Crippen LogP contribution in [-0.2, 0) is 0 Å². The third-order valence-corrected chi connectivity index (χ3v) is 5.25. The normalized spacial score (nSPS) is 17.0. The summed E-state index contributed by atoms with van der Waals surface area (Å²) in [5.41, 5.74) is 10.0. The van der Waals surface area contributed by atoms with Gasteiger partial charge in [-0.2, -0.15) is 0 Å². The Balaban J connectivity index is 0.00000208. The van der Waals surface area contributed by atoms with Gasteiger partial charge in [0, 0.05) is 30.1 Å². The van der Waals surface area contributed by atoms with E-state index in [2.05, 4.69) is 19.9 Å². The number of hydrogen-bond acceptors (Lipinski definition) is 3. The standard InChI is InChI=1S/C19H26N2O2.ClH/c1-11-5-6-12(2)17-16(11)13(3)18(23-17)19(22)21-9-7-15(8-10-21)14(4)20;/h5-6,14-15H,7-10,20H2,1-4H3;1H. The average molecular weight is 351 g/mol. The summed E-state index contributed by atoms with van der Waals surface area (Å²) in [6.07, 6.45) is 1.95. The number of carbonyl (C=O) groups excluding carboxylic acids is 1. The Labute approximate surface area is 149 Å². The van der Waals surface area contributed by atoms with Crippen LogP contribution in [0, 0.1) is 26.7 Å². The van der Waals surface area contributed by atoms with Crippen LogP contribution in [-0.4, -0.2) is 29.9 Å². The molecule has 2 heterocycles. The molecule has 1 fully saturated rings. The van der Waals surface area contributed by atoms with Gasteiger partial charge in [0.25, 0.3) is 5.91 Å². The van der Waals surface area contributed by atoms with Gasteiger partial charge in [-0.25, -0.2) is 0 Å². The molecule has 132 valence electrons. The van der Waals surface area contributed by atoms with Crippen molar-refractivity contribution in [2.24, 2.45) is 11.7 Å². The average Bonchev–Trinajstić information content (AvgIpc) is 2.89. The Bertz CT molecular complexity index is 743. The zero-order valence-corrected chi connectivity index (χ0v) is 15.7. The van der Waals surface area contributed by atoms with Crippen LogP contribution in [0.5, 0.6) is 0 Å². The number of furan rings is 1. The second-order valence-electron chi connectivity index (χ2n) is 6.95. The molecular formula is C19H27ClN2O2. The number of hydrogen-bond donors (Lipinski definition) is 1.